The fourth-order valence-electron chi connectivity index (χ4n) is 1.47. The van der Waals surface area contributed by atoms with E-state index >= 15 is 0 Å². The van der Waals surface area contributed by atoms with E-state index in [9.17, 15) is 4.39 Å². The summed E-state index contributed by atoms with van der Waals surface area (Å²) < 4.78 is 14.6. The molecule has 0 fully saturated rings. The molecule has 1 aromatic rings. The summed E-state index contributed by atoms with van der Waals surface area (Å²) in [5.74, 6) is -0.199. The summed E-state index contributed by atoms with van der Waals surface area (Å²) in [7, 11) is 0. The van der Waals surface area contributed by atoms with Gasteiger partial charge in [-0.05, 0) is 37.5 Å². The molecule has 0 unspecified atom stereocenters. The molecule has 0 saturated carbocycles. The maximum absolute atomic E-state index is 13.7. The molecule has 0 aliphatic carbocycles. The van der Waals surface area contributed by atoms with Crippen LogP contribution in [0.3, 0.4) is 0 Å². The second kappa shape index (κ2) is 7.05. The van der Waals surface area contributed by atoms with Crippen LogP contribution in [0.4, 0.5) is 4.39 Å². The van der Waals surface area contributed by atoms with E-state index in [1.807, 2.05) is 0 Å². The van der Waals surface area contributed by atoms with Crippen molar-refractivity contribution in [2.24, 2.45) is 5.73 Å². The van der Waals surface area contributed by atoms with E-state index < -0.39 is 0 Å². The van der Waals surface area contributed by atoms with Crippen molar-refractivity contribution >= 4 is 28.3 Å². The molecule has 0 bridgehead atoms. The molecule has 1 rings (SSSR count). The fraction of sp³-hybridized carbons (Fsp3) is 0.333. The third-order valence-electron chi connectivity index (χ3n) is 2.33. The largest absolute Gasteiger partial charge is 0.324 e. The molecule has 0 heterocycles. The molecule has 1 aromatic carbocycles. The van der Waals surface area contributed by atoms with Crippen LogP contribution < -0.4 is 5.73 Å². The van der Waals surface area contributed by atoms with Gasteiger partial charge in [-0.2, -0.15) is 0 Å². The lowest BCUT2D eigenvalue weighted by Crippen LogP contribution is -2.12. The highest BCUT2D eigenvalue weighted by Gasteiger charge is 2.13. The molecule has 0 spiro atoms. The van der Waals surface area contributed by atoms with Gasteiger partial charge in [0.2, 0.25) is 0 Å². The van der Waals surface area contributed by atoms with E-state index in [0.29, 0.717) is 11.1 Å². The number of nitrogens with two attached hydrogens (primary N) is 1. The number of rotatable bonds is 4. The lowest BCUT2D eigenvalue weighted by Gasteiger charge is -2.13. The Labute approximate surface area is 110 Å². The molecular formula is C12H16BrClFN. The van der Waals surface area contributed by atoms with Gasteiger partial charge in [-0.3, -0.25) is 0 Å². The minimum Gasteiger partial charge on any atom is -0.324 e. The number of benzene rings is 1. The number of hydrogen-bond donors (Lipinski definition) is 1. The fourth-order valence-corrected chi connectivity index (χ4v) is 2.06. The first-order chi connectivity index (χ1) is 7.06. The van der Waals surface area contributed by atoms with Gasteiger partial charge in [-0.15, -0.1) is 19.0 Å². The molecule has 1 atom stereocenters. The van der Waals surface area contributed by atoms with Gasteiger partial charge in [0.1, 0.15) is 5.82 Å². The first-order valence-electron chi connectivity index (χ1n) is 4.88. The maximum atomic E-state index is 13.7. The van der Waals surface area contributed by atoms with Gasteiger partial charge in [0.15, 0.2) is 0 Å². The van der Waals surface area contributed by atoms with Crippen molar-refractivity contribution in [1.29, 1.82) is 0 Å². The molecule has 0 aliphatic heterocycles. The zero-order valence-electron chi connectivity index (χ0n) is 9.17. The summed E-state index contributed by atoms with van der Waals surface area (Å²) in [6, 6.07) is 3.23. The predicted molar refractivity (Wildman–Crippen MR) is 72.4 cm³/mol. The van der Waals surface area contributed by atoms with Crippen molar-refractivity contribution in [2.45, 2.75) is 25.8 Å². The Balaban J connectivity index is 0.00000225. The van der Waals surface area contributed by atoms with Gasteiger partial charge in [0.05, 0.1) is 0 Å². The van der Waals surface area contributed by atoms with Gasteiger partial charge in [-0.25, -0.2) is 4.39 Å². The number of halogens is 3. The lowest BCUT2D eigenvalue weighted by molar-refractivity contribution is 0.559. The molecule has 90 valence electrons. The smallest absolute Gasteiger partial charge is 0.130 e. The molecule has 2 N–H and O–H groups in total. The normalized spacial score (nSPS) is 11.8. The molecule has 0 saturated heterocycles. The Bertz CT molecular complexity index is 368. The highest BCUT2D eigenvalue weighted by Crippen LogP contribution is 2.25. The average Bonchev–Trinajstić information content (AvgIpc) is 2.19. The van der Waals surface area contributed by atoms with Crippen LogP contribution in [0.2, 0.25) is 0 Å². The lowest BCUT2D eigenvalue weighted by atomic mass is 10.0. The number of hydrogen-bond acceptors (Lipinski definition) is 1. The summed E-state index contributed by atoms with van der Waals surface area (Å²) in [5.41, 5.74) is 7.10. The second-order valence-corrected chi connectivity index (χ2v) is 4.51. The molecule has 16 heavy (non-hydrogen) atoms. The Hall–Kier alpha value is -0.380. The van der Waals surface area contributed by atoms with E-state index in [1.54, 1.807) is 25.1 Å². The summed E-state index contributed by atoms with van der Waals surface area (Å²) in [6.07, 6.45) is 3.31. The molecule has 1 nitrogen and oxygen atoms in total. The Morgan fingerprint density at radius 2 is 2.19 bits per heavy atom. The topological polar surface area (TPSA) is 26.0 Å². The average molecular weight is 309 g/mol. The van der Waals surface area contributed by atoms with E-state index in [2.05, 4.69) is 22.5 Å². The van der Waals surface area contributed by atoms with Crippen LogP contribution in [-0.2, 0) is 0 Å². The molecule has 0 amide bonds. The standard InChI is InChI=1S/C12H15BrFN.ClH/c1-3-4-5-11(15)10-7-9(13)6-8(2)12(10)14;/h3,6-7,11H,1,4-5,15H2,2H3;1H/t11-;/m1./s1. The molecule has 4 heteroatoms. The second-order valence-electron chi connectivity index (χ2n) is 3.60. The monoisotopic (exact) mass is 307 g/mol. The third-order valence-corrected chi connectivity index (χ3v) is 2.79. The van der Waals surface area contributed by atoms with Crippen LogP contribution >= 0.6 is 28.3 Å². The molecule has 0 aromatic heterocycles. The molecule has 0 radical (unpaired) electrons. The third kappa shape index (κ3) is 3.89. The Kier molecular flexibility index (Phi) is 6.88. The Morgan fingerprint density at radius 3 is 2.75 bits per heavy atom. The van der Waals surface area contributed by atoms with Gasteiger partial charge < -0.3 is 5.73 Å². The van der Waals surface area contributed by atoms with Crippen molar-refractivity contribution < 1.29 is 4.39 Å². The van der Waals surface area contributed by atoms with Crippen LogP contribution in [-0.4, -0.2) is 0 Å². The highest BCUT2D eigenvalue weighted by atomic mass is 79.9. The van der Waals surface area contributed by atoms with E-state index in [1.165, 1.54) is 0 Å². The van der Waals surface area contributed by atoms with E-state index in [4.69, 9.17) is 5.73 Å². The zero-order valence-corrected chi connectivity index (χ0v) is 11.6. The van der Waals surface area contributed by atoms with Gasteiger partial charge in [0.25, 0.3) is 0 Å². The van der Waals surface area contributed by atoms with Crippen molar-refractivity contribution in [3.63, 3.8) is 0 Å². The SMILES string of the molecule is C=CCC[C@@H](N)c1cc(Br)cc(C)c1F.Cl. The van der Waals surface area contributed by atoms with Gasteiger partial charge in [0, 0.05) is 16.1 Å². The van der Waals surface area contributed by atoms with Crippen molar-refractivity contribution in [1.82, 2.24) is 0 Å². The maximum Gasteiger partial charge on any atom is 0.130 e. The van der Waals surface area contributed by atoms with Crippen LogP contribution in [0.15, 0.2) is 29.3 Å². The van der Waals surface area contributed by atoms with E-state index in [0.717, 1.165) is 17.3 Å². The molecular weight excluding hydrogens is 292 g/mol. The highest BCUT2D eigenvalue weighted by molar-refractivity contribution is 9.10. The minimum atomic E-state index is -0.265. The van der Waals surface area contributed by atoms with Crippen LogP contribution in [0.5, 0.6) is 0 Å². The number of allylic oxidation sites excluding steroid dienone is 1. The van der Waals surface area contributed by atoms with Crippen LogP contribution in [0.1, 0.15) is 30.0 Å². The quantitative estimate of drug-likeness (QED) is 0.825. The van der Waals surface area contributed by atoms with E-state index in [-0.39, 0.29) is 24.3 Å². The summed E-state index contributed by atoms with van der Waals surface area (Å²) in [6.45, 7) is 5.37. The summed E-state index contributed by atoms with van der Waals surface area (Å²) in [5, 5.41) is 0. The van der Waals surface area contributed by atoms with Crippen LogP contribution in [0, 0.1) is 12.7 Å². The zero-order chi connectivity index (χ0) is 11.4. The van der Waals surface area contributed by atoms with Crippen LogP contribution in [0.25, 0.3) is 0 Å². The first kappa shape index (κ1) is 15.6. The Morgan fingerprint density at radius 1 is 1.56 bits per heavy atom. The van der Waals surface area contributed by atoms with Crippen molar-refractivity contribution in [3.05, 3.63) is 46.2 Å². The predicted octanol–water partition coefficient (Wildman–Crippen LogP) is 4.28. The summed E-state index contributed by atoms with van der Waals surface area (Å²) >= 11 is 3.34. The van der Waals surface area contributed by atoms with Crippen molar-refractivity contribution in [2.75, 3.05) is 0 Å². The van der Waals surface area contributed by atoms with Gasteiger partial charge >= 0.3 is 0 Å². The number of aryl methyl sites for hydroxylation is 1. The molecule has 0 aliphatic rings. The summed E-state index contributed by atoms with van der Waals surface area (Å²) in [4.78, 5) is 0. The van der Waals surface area contributed by atoms with Gasteiger partial charge in [-0.1, -0.05) is 22.0 Å². The first-order valence-corrected chi connectivity index (χ1v) is 5.67. The van der Waals surface area contributed by atoms with Crippen molar-refractivity contribution in [3.8, 4) is 0 Å². The minimum absolute atomic E-state index is 0.